The van der Waals surface area contributed by atoms with Gasteiger partial charge in [0.25, 0.3) is 0 Å². The Labute approximate surface area is 107 Å². The molecule has 0 saturated heterocycles. The highest BCUT2D eigenvalue weighted by Crippen LogP contribution is 2.31. The summed E-state index contributed by atoms with van der Waals surface area (Å²) >= 11 is 0. The smallest absolute Gasteiger partial charge is 0.135 e. The molecule has 0 N–H and O–H groups in total. The lowest BCUT2D eigenvalue weighted by atomic mass is 9.99. The molecule has 2 aromatic carbocycles. The first-order valence-corrected chi connectivity index (χ1v) is 6.22. The van der Waals surface area contributed by atoms with E-state index in [1.807, 2.05) is 18.2 Å². The molecular weight excluding hydrogens is 220 g/mol. The Hall–Kier alpha value is -2.02. The van der Waals surface area contributed by atoms with E-state index in [1.165, 1.54) is 22.3 Å². The van der Waals surface area contributed by atoms with Crippen LogP contribution in [0.25, 0.3) is 22.3 Å². The fourth-order valence-electron chi connectivity index (χ4n) is 2.34. The highest BCUT2D eigenvalue weighted by molar-refractivity contribution is 5.83. The molecule has 90 valence electrons. The Balaban J connectivity index is 2.22. The second kappa shape index (κ2) is 4.02. The summed E-state index contributed by atoms with van der Waals surface area (Å²) in [6.07, 6.45) is 0. The van der Waals surface area contributed by atoms with Crippen molar-refractivity contribution in [3.63, 3.8) is 0 Å². The first kappa shape index (κ1) is 11.1. The van der Waals surface area contributed by atoms with Gasteiger partial charge in [-0.15, -0.1) is 0 Å². The predicted molar refractivity (Wildman–Crippen MR) is 75.9 cm³/mol. The Kier molecular flexibility index (Phi) is 2.48. The zero-order chi connectivity index (χ0) is 12.7. The van der Waals surface area contributed by atoms with Crippen molar-refractivity contribution in [2.75, 3.05) is 0 Å². The van der Waals surface area contributed by atoms with Crippen molar-refractivity contribution in [3.8, 4) is 11.3 Å². The van der Waals surface area contributed by atoms with E-state index in [1.54, 1.807) is 0 Å². The third kappa shape index (κ3) is 1.72. The van der Waals surface area contributed by atoms with E-state index >= 15 is 0 Å². The fraction of sp³-hybridized carbons (Fsp3) is 0.176. The molecule has 0 spiro atoms. The van der Waals surface area contributed by atoms with Crippen LogP contribution in [0, 0.1) is 20.8 Å². The van der Waals surface area contributed by atoms with Crippen LogP contribution in [0.15, 0.2) is 46.9 Å². The second-order valence-electron chi connectivity index (χ2n) is 4.90. The Morgan fingerprint density at radius 1 is 0.778 bits per heavy atom. The summed E-state index contributed by atoms with van der Waals surface area (Å²) in [4.78, 5) is 0. The lowest BCUT2D eigenvalue weighted by molar-refractivity contribution is 0.631. The lowest BCUT2D eigenvalue weighted by Gasteiger charge is -2.07. The van der Waals surface area contributed by atoms with Gasteiger partial charge in [-0.1, -0.05) is 24.3 Å². The quantitative estimate of drug-likeness (QED) is 0.578. The summed E-state index contributed by atoms with van der Waals surface area (Å²) in [6, 6.07) is 14.7. The number of hydrogen-bond acceptors (Lipinski definition) is 1. The van der Waals surface area contributed by atoms with Crippen molar-refractivity contribution >= 4 is 11.0 Å². The molecular formula is C17H16O. The second-order valence-corrected chi connectivity index (χ2v) is 4.90. The Morgan fingerprint density at radius 2 is 1.50 bits per heavy atom. The van der Waals surface area contributed by atoms with Crippen molar-refractivity contribution in [2.45, 2.75) is 20.8 Å². The van der Waals surface area contributed by atoms with E-state index in [-0.39, 0.29) is 0 Å². The van der Waals surface area contributed by atoms with Gasteiger partial charge in [-0.2, -0.15) is 0 Å². The molecule has 0 aliphatic rings. The van der Waals surface area contributed by atoms with Gasteiger partial charge in [0, 0.05) is 10.9 Å². The number of benzene rings is 2. The molecule has 0 unspecified atom stereocenters. The average molecular weight is 236 g/mol. The fourth-order valence-corrected chi connectivity index (χ4v) is 2.34. The minimum Gasteiger partial charge on any atom is -0.456 e. The third-order valence-electron chi connectivity index (χ3n) is 3.53. The summed E-state index contributed by atoms with van der Waals surface area (Å²) in [6.45, 7) is 6.42. The highest BCUT2D eigenvalue weighted by Gasteiger charge is 2.09. The topological polar surface area (TPSA) is 13.1 Å². The maximum atomic E-state index is 5.93. The van der Waals surface area contributed by atoms with Gasteiger partial charge in [-0.3, -0.25) is 0 Å². The molecule has 1 heterocycles. The SMILES string of the molecule is Cc1cc(C)c(-c2cc3ccccc3o2)cc1C. The number of para-hydroxylation sites is 1. The van der Waals surface area contributed by atoms with Crippen molar-refractivity contribution in [1.82, 2.24) is 0 Å². The molecule has 1 aromatic heterocycles. The monoisotopic (exact) mass is 236 g/mol. The summed E-state index contributed by atoms with van der Waals surface area (Å²) in [5.41, 5.74) is 6.03. The van der Waals surface area contributed by atoms with Gasteiger partial charge >= 0.3 is 0 Å². The minimum atomic E-state index is 0.949. The van der Waals surface area contributed by atoms with Crippen molar-refractivity contribution in [3.05, 3.63) is 59.2 Å². The molecule has 0 radical (unpaired) electrons. The maximum absolute atomic E-state index is 5.93. The van der Waals surface area contributed by atoms with Crippen molar-refractivity contribution < 1.29 is 4.42 Å². The number of rotatable bonds is 1. The maximum Gasteiger partial charge on any atom is 0.135 e. The summed E-state index contributed by atoms with van der Waals surface area (Å²) < 4.78 is 5.93. The summed E-state index contributed by atoms with van der Waals surface area (Å²) in [7, 11) is 0. The molecule has 18 heavy (non-hydrogen) atoms. The van der Waals surface area contributed by atoms with Gasteiger partial charge in [-0.05, 0) is 55.7 Å². The number of furan rings is 1. The summed E-state index contributed by atoms with van der Waals surface area (Å²) in [5.74, 6) is 0.955. The molecule has 0 aliphatic heterocycles. The predicted octanol–water partition coefficient (Wildman–Crippen LogP) is 5.03. The van der Waals surface area contributed by atoms with Crippen LogP contribution in [0.3, 0.4) is 0 Å². The van der Waals surface area contributed by atoms with Gasteiger partial charge in [0.2, 0.25) is 0 Å². The molecule has 3 aromatic rings. The van der Waals surface area contributed by atoms with Crippen LogP contribution in [0.2, 0.25) is 0 Å². The van der Waals surface area contributed by atoms with E-state index in [9.17, 15) is 0 Å². The van der Waals surface area contributed by atoms with Crippen molar-refractivity contribution in [2.24, 2.45) is 0 Å². The standard InChI is InChI=1S/C17H16O/c1-11-8-13(3)15(9-12(11)2)17-10-14-6-4-5-7-16(14)18-17/h4-10H,1-3H3. The van der Waals surface area contributed by atoms with Gasteiger partial charge in [0.1, 0.15) is 11.3 Å². The van der Waals surface area contributed by atoms with E-state index in [0.717, 1.165) is 16.7 Å². The van der Waals surface area contributed by atoms with E-state index in [4.69, 9.17) is 4.42 Å². The Morgan fingerprint density at radius 3 is 2.28 bits per heavy atom. The molecule has 0 fully saturated rings. The van der Waals surface area contributed by atoms with Crippen LogP contribution in [0.1, 0.15) is 16.7 Å². The van der Waals surface area contributed by atoms with Crippen LogP contribution in [0.4, 0.5) is 0 Å². The highest BCUT2D eigenvalue weighted by atomic mass is 16.3. The Bertz CT molecular complexity index is 687. The van der Waals surface area contributed by atoms with Crippen molar-refractivity contribution in [1.29, 1.82) is 0 Å². The molecule has 0 saturated carbocycles. The molecule has 0 amide bonds. The largest absolute Gasteiger partial charge is 0.456 e. The zero-order valence-electron chi connectivity index (χ0n) is 10.9. The molecule has 0 aliphatic carbocycles. The van der Waals surface area contributed by atoms with E-state index in [0.29, 0.717) is 0 Å². The van der Waals surface area contributed by atoms with Crippen LogP contribution in [-0.4, -0.2) is 0 Å². The zero-order valence-corrected chi connectivity index (χ0v) is 10.9. The first-order chi connectivity index (χ1) is 8.65. The van der Waals surface area contributed by atoms with Crippen LogP contribution in [-0.2, 0) is 0 Å². The van der Waals surface area contributed by atoms with Crippen LogP contribution >= 0.6 is 0 Å². The van der Waals surface area contributed by atoms with Crippen LogP contribution < -0.4 is 0 Å². The lowest BCUT2D eigenvalue weighted by Crippen LogP contribution is -1.87. The average Bonchev–Trinajstić information content (AvgIpc) is 2.77. The molecule has 3 rings (SSSR count). The number of fused-ring (bicyclic) bond motifs is 1. The first-order valence-electron chi connectivity index (χ1n) is 6.22. The normalized spacial score (nSPS) is 11.1. The molecule has 1 nitrogen and oxygen atoms in total. The van der Waals surface area contributed by atoms with Gasteiger partial charge < -0.3 is 4.42 Å². The van der Waals surface area contributed by atoms with Gasteiger partial charge in [-0.25, -0.2) is 0 Å². The third-order valence-corrected chi connectivity index (χ3v) is 3.53. The minimum absolute atomic E-state index is 0.949. The number of aryl methyl sites for hydroxylation is 3. The summed E-state index contributed by atoms with van der Waals surface area (Å²) in [5, 5.41) is 1.16. The van der Waals surface area contributed by atoms with Gasteiger partial charge in [0.05, 0.1) is 0 Å². The van der Waals surface area contributed by atoms with Gasteiger partial charge in [0.15, 0.2) is 0 Å². The molecule has 0 bridgehead atoms. The van der Waals surface area contributed by atoms with Crippen LogP contribution in [0.5, 0.6) is 0 Å². The molecule has 1 heteroatoms. The van der Waals surface area contributed by atoms with E-state index in [2.05, 4.69) is 45.0 Å². The number of hydrogen-bond donors (Lipinski definition) is 0. The molecule has 0 atom stereocenters. The van der Waals surface area contributed by atoms with E-state index < -0.39 is 0 Å².